The molecule has 5 nitrogen and oxygen atoms in total. The summed E-state index contributed by atoms with van der Waals surface area (Å²) < 4.78 is 0. The van der Waals surface area contributed by atoms with Crippen molar-refractivity contribution in [3.05, 3.63) is 81.3 Å². The number of hydrogen-bond acceptors (Lipinski definition) is 4. The quantitative estimate of drug-likeness (QED) is 0.776. The van der Waals surface area contributed by atoms with E-state index in [4.69, 9.17) is 11.6 Å². The lowest BCUT2D eigenvalue weighted by Gasteiger charge is -2.34. The Hall–Kier alpha value is -2.92. The number of rotatable bonds is 3. The van der Waals surface area contributed by atoms with E-state index in [1.807, 2.05) is 38.1 Å². The van der Waals surface area contributed by atoms with Crippen molar-refractivity contribution < 1.29 is 9.59 Å². The van der Waals surface area contributed by atoms with Crippen LogP contribution in [0.4, 0.5) is 5.82 Å². The van der Waals surface area contributed by atoms with E-state index < -0.39 is 5.92 Å². The van der Waals surface area contributed by atoms with Gasteiger partial charge in [0.05, 0.1) is 0 Å². The molecule has 6 heteroatoms. The van der Waals surface area contributed by atoms with Crippen molar-refractivity contribution in [3.8, 4) is 0 Å². The number of pyridine rings is 1. The van der Waals surface area contributed by atoms with Gasteiger partial charge in [-0.15, -0.1) is 0 Å². The Bertz CT molecular complexity index is 1050. The van der Waals surface area contributed by atoms with Crippen LogP contribution >= 0.6 is 11.6 Å². The summed E-state index contributed by atoms with van der Waals surface area (Å²) >= 11 is 6.08. The van der Waals surface area contributed by atoms with Gasteiger partial charge in [-0.25, -0.2) is 4.98 Å². The van der Waals surface area contributed by atoms with E-state index in [2.05, 4.69) is 15.6 Å². The van der Waals surface area contributed by atoms with E-state index in [9.17, 15) is 9.59 Å². The van der Waals surface area contributed by atoms with Crippen molar-refractivity contribution in [1.82, 2.24) is 10.3 Å². The fourth-order valence-electron chi connectivity index (χ4n) is 4.06. The van der Waals surface area contributed by atoms with Crippen LogP contribution in [0.1, 0.15) is 43.2 Å². The standard InChI is InChI=1S/C23H22ClN3O2/c1-13-10-11-25-19(12-13)27-23(29)20-14(2)26-17-4-3-5-18(28)22(17)21(20)15-6-8-16(24)9-7-15/h6-12,21,26H,3-5H2,1-2H3,(H,25,27,29)/t21-/m1/s1. The SMILES string of the molecule is CC1=C(C(=O)Nc2cc(C)ccn2)[C@@H](c2ccc(Cl)cc2)C2=C(CCCC2=O)N1. The number of ketones is 1. The van der Waals surface area contributed by atoms with Gasteiger partial charge in [-0.05, 0) is 62.1 Å². The number of allylic oxidation sites excluding steroid dienone is 3. The molecule has 0 fully saturated rings. The van der Waals surface area contributed by atoms with Crippen molar-refractivity contribution in [3.63, 3.8) is 0 Å². The average Bonchev–Trinajstić information content (AvgIpc) is 2.67. The van der Waals surface area contributed by atoms with Crippen molar-refractivity contribution in [2.75, 3.05) is 5.32 Å². The Balaban J connectivity index is 1.78. The number of carbonyl (C=O) groups is 2. The first kappa shape index (κ1) is 19.4. The fraction of sp³-hybridized carbons (Fsp3) is 0.261. The zero-order valence-corrected chi connectivity index (χ0v) is 17.1. The molecule has 1 aliphatic heterocycles. The van der Waals surface area contributed by atoms with E-state index in [0.717, 1.165) is 35.4 Å². The number of carbonyl (C=O) groups excluding carboxylic acids is 2. The van der Waals surface area contributed by atoms with E-state index >= 15 is 0 Å². The molecule has 29 heavy (non-hydrogen) atoms. The molecule has 1 aromatic carbocycles. The molecule has 0 saturated carbocycles. The predicted molar refractivity (Wildman–Crippen MR) is 114 cm³/mol. The molecule has 0 spiro atoms. The molecule has 1 aromatic heterocycles. The van der Waals surface area contributed by atoms with Crippen LogP contribution in [0.3, 0.4) is 0 Å². The zero-order chi connectivity index (χ0) is 20.5. The third kappa shape index (κ3) is 3.83. The highest BCUT2D eigenvalue weighted by atomic mass is 35.5. The number of anilines is 1. The third-order valence-corrected chi connectivity index (χ3v) is 5.63. The molecule has 1 atom stereocenters. The van der Waals surface area contributed by atoms with Gasteiger partial charge in [-0.3, -0.25) is 9.59 Å². The van der Waals surface area contributed by atoms with E-state index in [-0.39, 0.29) is 11.7 Å². The maximum Gasteiger partial charge on any atom is 0.255 e. The lowest BCUT2D eigenvalue weighted by atomic mass is 9.75. The van der Waals surface area contributed by atoms with Crippen LogP contribution in [0, 0.1) is 6.92 Å². The number of nitrogens with zero attached hydrogens (tertiary/aromatic N) is 1. The molecule has 4 rings (SSSR count). The van der Waals surface area contributed by atoms with Crippen LogP contribution in [-0.2, 0) is 9.59 Å². The summed E-state index contributed by atoms with van der Waals surface area (Å²) in [7, 11) is 0. The number of hydrogen-bond donors (Lipinski definition) is 2. The van der Waals surface area contributed by atoms with Crippen LogP contribution in [-0.4, -0.2) is 16.7 Å². The fourth-order valence-corrected chi connectivity index (χ4v) is 4.19. The van der Waals surface area contributed by atoms with Gasteiger partial charge in [0.1, 0.15) is 5.82 Å². The van der Waals surface area contributed by atoms with Gasteiger partial charge in [0.2, 0.25) is 0 Å². The first-order valence-corrected chi connectivity index (χ1v) is 10.1. The normalized spacial score (nSPS) is 19.0. The Morgan fingerprint density at radius 1 is 1.17 bits per heavy atom. The Morgan fingerprint density at radius 2 is 1.93 bits per heavy atom. The number of Topliss-reactive ketones (excluding diaryl/α,β-unsaturated/α-hetero) is 1. The van der Waals surface area contributed by atoms with Crippen molar-refractivity contribution in [2.24, 2.45) is 0 Å². The van der Waals surface area contributed by atoms with Gasteiger partial charge >= 0.3 is 0 Å². The van der Waals surface area contributed by atoms with Crippen molar-refractivity contribution >= 4 is 29.1 Å². The first-order chi connectivity index (χ1) is 13.9. The molecule has 0 bridgehead atoms. The topological polar surface area (TPSA) is 71.1 Å². The molecule has 2 heterocycles. The minimum absolute atomic E-state index is 0.0881. The lowest BCUT2D eigenvalue weighted by Crippen LogP contribution is -2.35. The average molecular weight is 408 g/mol. The maximum atomic E-state index is 13.3. The van der Waals surface area contributed by atoms with Crippen LogP contribution in [0.15, 0.2) is 65.1 Å². The lowest BCUT2D eigenvalue weighted by molar-refractivity contribution is -0.116. The van der Waals surface area contributed by atoms with Gasteiger partial charge < -0.3 is 10.6 Å². The molecule has 2 aromatic rings. The summed E-state index contributed by atoms with van der Waals surface area (Å²) in [4.78, 5) is 30.4. The number of benzene rings is 1. The smallest absolute Gasteiger partial charge is 0.255 e. The van der Waals surface area contributed by atoms with Gasteiger partial charge in [0.25, 0.3) is 5.91 Å². The highest BCUT2D eigenvalue weighted by Crippen LogP contribution is 2.42. The first-order valence-electron chi connectivity index (χ1n) is 9.67. The summed E-state index contributed by atoms with van der Waals surface area (Å²) in [6.45, 7) is 3.82. The summed E-state index contributed by atoms with van der Waals surface area (Å²) in [5.74, 6) is -0.121. The number of aromatic nitrogens is 1. The Kier molecular flexibility index (Phi) is 5.24. The predicted octanol–water partition coefficient (Wildman–Crippen LogP) is 4.65. The Morgan fingerprint density at radius 3 is 2.66 bits per heavy atom. The van der Waals surface area contributed by atoms with Crippen LogP contribution in [0.5, 0.6) is 0 Å². The molecule has 0 unspecified atom stereocenters. The molecule has 0 radical (unpaired) electrons. The minimum Gasteiger partial charge on any atom is -0.362 e. The number of halogens is 1. The molecular formula is C23H22ClN3O2. The molecular weight excluding hydrogens is 386 g/mol. The van der Waals surface area contributed by atoms with Gasteiger partial charge in [0, 0.05) is 46.1 Å². The van der Waals surface area contributed by atoms with Crippen LogP contribution in [0.25, 0.3) is 0 Å². The summed E-state index contributed by atoms with van der Waals surface area (Å²) in [5.41, 5.74) is 4.77. The highest BCUT2D eigenvalue weighted by molar-refractivity contribution is 6.30. The molecule has 2 aliphatic rings. The minimum atomic E-state index is -0.430. The summed E-state index contributed by atoms with van der Waals surface area (Å²) in [6, 6.07) is 11.0. The van der Waals surface area contributed by atoms with Gasteiger partial charge in [-0.1, -0.05) is 23.7 Å². The monoisotopic (exact) mass is 407 g/mol. The maximum absolute atomic E-state index is 13.3. The number of aryl methyl sites for hydroxylation is 1. The van der Waals surface area contributed by atoms with E-state index in [1.165, 1.54) is 0 Å². The third-order valence-electron chi connectivity index (χ3n) is 5.38. The molecule has 1 aliphatic carbocycles. The van der Waals surface area contributed by atoms with Crippen LogP contribution < -0.4 is 10.6 Å². The molecule has 1 amide bonds. The number of dihydropyridines is 1. The zero-order valence-electron chi connectivity index (χ0n) is 16.4. The Labute approximate surface area is 174 Å². The van der Waals surface area contributed by atoms with Gasteiger partial charge in [-0.2, -0.15) is 0 Å². The highest BCUT2D eigenvalue weighted by Gasteiger charge is 2.38. The van der Waals surface area contributed by atoms with E-state index in [1.54, 1.807) is 18.3 Å². The van der Waals surface area contributed by atoms with E-state index in [0.29, 0.717) is 28.4 Å². The molecule has 148 valence electrons. The molecule has 0 saturated heterocycles. The largest absolute Gasteiger partial charge is 0.362 e. The van der Waals surface area contributed by atoms with Crippen molar-refractivity contribution in [2.45, 2.75) is 39.0 Å². The second-order valence-electron chi connectivity index (χ2n) is 7.49. The number of nitrogens with one attached hydrogen (secondary N) is 2. The second-order valence-corrected chi connectivity index (χ2v) is 7.93. The van der Waals surface area contributed by atoms with Crippen LogP contribution in [0.2, 0.25) is 5.02 Å². The molecule has 2 N–H and O–H groups in total. The second kappa shape index (κ2) is 7.84. The van der Waals surface area contributed by atoms with Gasteiger partial charge in [0.15, 0.2) is 5.78 Å². The van der Waals surface area contributed by atoms with Crippen molar-refractivity contribution in [1.29, 1.82) is 0 Å². The number of amides is 1. The summed E-state index contributed by atoms with van der Waals surface area (Å²) in [5, 5.41) is 6.83. The summed E-state index contributed by atoms with van der Waals surface area (Å²) in [6.07, 6.45) is 3.78.